The van der Waals surface area contributed by atoms with E-state index in [2.05, 4.69) is 0 Å². The number of hydrogen-bond acceptors (Lipinski definition) is 1. The van der Waals surface area contributed by atoms with Gasteiger partial charge in [0.25, 0.3) is 12.9 Å². The van der Waals surface area contributed by atoms with Gasteiger partial charge >= 0.3 is 0 Å². The molecule has 0 radical (unpaired) electrons. The van der Waals surface area contributed by atoms with Crippen LogP contribution in [0.3, 0.4) is 0 Å². The first-order chi connectivity index (χ1) is 7.43. The second-order valence-electron chi connectivity index (χ2n) is 3.40. The lowest BCUT2D eigenvalue weighted by molar-refractivity contribution is -0.116. The first kappa shape index (κ1) is 12.7. The Morgan fingerprint density at radius 1 is 1.19 bits per heavy atom. The second-order valence-corrected chi connectivity index (χ2v) is 3.40. The van der Waals surface area contributed by atoms with Crippen LogP contribution >= 0.6 is 0 Å². The van der Waals surface area contributed by atoms with E-state index in [1.54, 1.807) is 0 Å². The third kappa shape index (κ3) is 2.81. The molecule has 0 aliphatic rings. The van der Waals surface area contributed by atoms with Crippen molar-refractivity contribution in [2.45, 2.75) is 26.2 Å². The number of benzene rings is 1. The lowest BCUT2D eigenvalue weighted by Gasteiger charge is -2.12. The first-order valence-electron chi connectivity index (χ1n) is 4.61. The molecular weight excluding hydrogens is 224 g/mol. The van der Waals surface area contributed by atoms with Gasteiger partial charge in [-0.3, -0.25) is 4.79 Å². The van der Waals surface area contributed by atoms with Crippen molar-refractivity contribution in [1.82, 2.24) is 0 Å². The highest BCUT2D eigenvalue weighted by Crippen LogP contribution is 2.33. The van der Waals surface area contributed by atoms with E-state index >= 15 is 0 Å². The van der Waals surface area contributed by atoms with Crippen molar-refractivity contribution < 1.29 is 22.4 Å². The summed E-state index contributed by atoms with van der Waals surface area (Å²) in [5.74, 6) is -0.340. The minimum atomic E-state index is -3.00. The number of rotatable bonds is 4. The molecule has 0 heterocycles. The van der Waals surface area contributed by atoms with Crippen LogP contribution in [0.2, 0.25) is 0 Å². The molecule has 0 bridgehead atoms. The minimum absolute atomic E-state index is 0.0275. The van der Waals surface area contributed by atoms with Gasteiger partial charge in [0.2, 0.25) is 0 Å². The van der Waals surface area contributed by atoms with Crippen LogP contribution in [0, 0.1) is 0 Å². The lowest BCUT2D eigenvalue weighted by atomic mass is 9.98. The summed E-state index contributed by atoms with van der Waals surface area (Å²) in [5, 5.41) is 0. The molecule has 5 heteroatoms. The third-order valence-electron chi connectivity index (χ3n) is 2.12. The fraction of sp³-hybridized carbons (Fsp3) is 0.364. The molecule has 0 amide bonds. The Labute approximate surface area is 90.1 Å². The molecule has 0 aliphatic heterocycles. The Bertz CT molecular complexity index is 388. The predicted molar refractivity (Wildman–Crippen MR) is 50.7 cm³/mol. The van der Waals surface area contributed by atoms with Crippen molar-refractivity contribution in [3.05, 3.63) is 34.9 Å². The van der Waals surface area contributed by atoms with Crippen molar-refractivity contribution in [2.75, 3.05) is 0 Å². The van der Waals surface area contributed by atoms with E-state index in [-0.39, 0.29) is 17.8 Å². The van der Waals surface area contributed by atoms with Crippen LogP contribution in [0.4, 0.5) is 17.6 Å². The minimum Gasteiger partial charge on any atom is -0.300 e. The van der Waals surface area contributed by atoms with E-state index < -0.39 is 24.0 Å². The Morgan fingerprint density at radius 3 is 2.25 bits per heavy atom. The summed E-state index contributed by atoms with van der Waals surface area (Å²) in [6.07, 6.45) is -6.21. The van der Waals surface area contributed by atoms with Crippen molar-refractivity contribution in [2.24, 2.45) is 0 Å². The van der Waals surface area contributed by atoms with E-state index in [1.807, 2.05) is 0 Å². The van der Waals surface area contributed by atoms with Gasteiger partial charge in [-0.05, 0) is 12.5 Å². The molecule has 1 nitrogen and oxygen atoms in total. The van der Waals surface area contributed by atoms with Gasteiger partial charge in [0.1, 0.15) is 5.78 Å². The van der Waals surface area contributed by atoms with Gasteiger partial charge in [0, 0.05) is 17.5 Å². The van der Waals surface area contributed by atoms with Gasteiger partial charge in [-0.15, -0.1) is 0 Å². The molecule has 0 atom stereocenters. The Morgan fingerprint density at radius 2 is 1.81 bits per heavy atom. The zero-order valence-corrected chi connectivity index (χ0v) is 8.51. The van der Waals surface area contributed by atoms with Crippen LogP contribution < -0.4 is 0 Å². The van der Waals surface area contributed by atoms with Crippen LogP contribution in [-0.4, -0.2) is 5.78 Å². The zero-order chi connectivity index (χ0) is 12.3. The van der Waals surface area contributed by atoms with Crippen molar-refractivity contribution >= 4 is 5.78 Å². The monoisotopic (exact) mass is 234 g/mol. The van der Waals surface area contributed by atoms with Crippen LogP contribution in [0.1, 0.15) is 36.5 Å². The number of carbonyl (C=O) groups is 1. The molecule has 1 rings (SSSR count). The molecule has 0 aliphatic carbocycles. The van der Waals surface area contributed by atoms with Gasteiger partial charge in [-0.25, -0.2) is 17.6 Å². The topological polar surface area (TPSA) is 17.1 Å². The molecule has 0 aromatic heterocycles. The number of ketones is 1. The second kappa shape index (κ2) is 5.09. The third-order valence-corrected chi connectivity index (χ3v) is 2.12. The van der Waals surface area contributed by atoms with E-state index in [9.17, 15) is 22.4 Å². The van der Waals surface area contributed by atoms with Gasteiger partial charge in [-0.1, -0.05) is 18.2 Å². The molecule has 0 saturated heterocycles. The lowest BCUT2D eigenvalue weighted by Crippen LogP contribution is -2.05. The predicted octanol–water partition coefficient (Wildman–Crippen LogP) is 3.69. The van der Waals surface area contributed by atoms with Gasteiger partial charge in [0.05, 0.1) is 0 Å². The number of halogens is 4. The van der Waals surface area contributed by atoms with Gasteiger partial charge in [0.15, 0.2) is 0 Å². The number of alkyl halides is 4. The highest BCUT2D eigenvalue weighted by Gasteiger charge is 2.23. The smallest absolute Gasteiger partial charge is 0.264 e. The van der Waals surface area contributed by atoms with Crippen LogP contribution in [0.5, 0.6) is 0 Å². The van der Waals surface area contributed by atoms with E-state index in [0.29, 0.717) is 0 Å². The number of Topliss-reactive ketones (excluding diaryl/α,β-unsaturated/α-hetero) is 1. The maximum atomic E-state index is 12.7. The fourth-order valence-electron chi connectivity index (χ4n) is 1.51. The van der Waals surface area contributed by atoms with E-state index in [1.165, 1.54) is 19.1 Å². The Kier molecular flexibility index (Phi) is 4.04. The molecule has 1 aromatic carbocycles. The van der Waals surface area contributed by atoms with Crippen LogP contribution in [0.15, 0.2) is 18.2 Å². The summed E-state index contributed by atoms with van der Waals surface area (Å²) in [5.41, 5.74) is -1.44. The van der Waals surface area contributed by atoms with Crippen molar-refractivity contribution in [3.63, 3.8) is 0 Å². The largest absolute Gasteiger partial charge is 0.300 e. The molecule has 1 aromatic rings. The maximum Gasteiger partial charge on any atom is 0.264 e. The summed E-state index contributed by atoms with van der Waals surface area (Å²) in [4.78, 5) is 10.8. The highest BCUT2D eigenvalue weighted by atomic mass is 19.3. The van der Waals surface area contributed by atoms with E-state index in [4.69, 9.17) is 0 Å². The SMILES string of the molecule is CC(=O)Cc1cccc(C(F)F)c1C(F)F. The average molecular weight is 234 g/mol. The molecule has 0 unspecified atom stereocenters. The van der Waals surface area contributed by atoms with Crippen LogP contribution in [0.25, 0.3) is 0 Å². The first-order valence-corrected chi connectivity index (χ1v) is 4.61. The molecule has 88 valence electrons. The molecule has 0 saturated carbocycles. The van der Waals surface area contributed by atoms with E-state index in [0.717, 1.165) is 6.07 Å². The molecular formula is C11H10F4O. The van der Waals surface area contributed by atoms with Crippen molar-refractivity contribution in [1.29, 1.82) is 0 Å². The zero-order valence-electron chi connectivity index (χ0n) is 8.51. The van der Waals surface area contributed by atoms with Gasteiger partial charge < -0.3 is 0 Å². The maximum absolute atomic E-state index is 12.7. The Hall–Kier alpha value is -1.39. The number of carbonyl (C=O) groups excluding carboxylic acids is 1. The summed E-state index contributed by atoms with van der Waals surface area (Å²) in [6, 6.07) is 3.48. The summed E-state index contributed by atoms with van der Waals surface area (Å²) >= 11 is 0. The average Bonchev–Trinajstić information content (AvgIpc) is 2.15. The molecule has 0 fully saturated rings. The highest BCUT2D eigenvalue weighted by molar-refractivity contribution is 5.78. The summed E-state index contributed by atoms with van der Waals surface area (Å²) in [7, 11) is 0. The molecule has 0 spiro atoms. The normalized spacial score (nSPS) is 11.2. The standard InChI is InChI=1S/C11H10F4O/c1-6(16)5-7-3-2-4-8(10(12)13)9(7)11(14)15/h2-4,10-11H,5H2,1H3. The van der Waals surface area contributed by atoms with Crippen LogP contribution in [-0.2, 0) is 11.2 Å². The Balaban J connectivity index is 3.26. The van der Waals surface area contributed by atoms with Gasteiger partial charge in [-0.2, -0.15) is 0 Å². The quantitative estimate of drug-likeness (QED) is 0.726. The summed E-state index contributed by atoms with van der Waals surface area (Å²) < 4.78 is 50.3. The fourth-order valence-corrected chi connectivity index (χ4v) is 1.51. The number of hydrogen-bond donors (Lipinski definition) is 0. The molecule has 0 N–H and O–H groups in total. The summed E-state index contributed by atoms with van der Waals surface area (Å²) in [6.45, 7) is 1.23. The van der Waals surface area contributed by atoms with Crippen molar-refractivity contribution in [3.8, 4) is 0 Å². The molecule has 16 heavy (non-hydrogen) atoms.